The first-order valence-corrected chi connectivity index (χ1v) is 5.49. The van der Waals surface area contributed by atoms with Gasteiger partial charge in [0, 0.05) is 13.1 Å². The molecule has 0 aliphatic heterocycles. The van der Waals surface area contributed by atoms with Crippen LogP contribution in [-0.4, -0.2) is 0 Å². The van der Waals surface area contributed by atoms with Gasteiger partial charge >= 0.3 is 0 Å². The third kappa shape index (κ3) is 6.03. The van der Waals surface area contributed by atoms with Crippen molar-refractivity contribution in [2.24, 2.45) is 0 Å². The number of hydrogen-bond acceptors (Lipinski definition) is 2. The molecule has 0 aliphatic rings. The maximum absolute atomic E-state index is 3.20. The van der Waals surface area contributed by atoms with Crippen LogP contribution in [0.25, 0.3) is 0 Å². The van der Waals surface area contributed by atoms with Crippen molar-refractivity contribution in [3.05, 3.63) is 71.8 Å². The third-order valence-corrected chi connectivity index (χ3v) is 2.40. The van der Waals surface area contributed by atoms with Crippen LogP contribution in [0.4, 0.5) is 0 Å². The maximum Gasteiger partial charge on any atom is 0.0351 e. The lowest BCUT2D eigenvalue weighted by molar-refractivity contribution is 0.529. The van der Waals surface area contributed by atoms with Crippen molar-refractivity contribution in [1.82, 2.24) is 10.9 Å². The average Bonchev–Trinajstić information content (AvgIpc) is 2.37. The van der Waals surface area contributed by atoms with E-state index in [1.54, 1.807) is 0 Å². The molecule has 0 aliphatic carbocycles. The Kier molecular flexibility index (Phi) is 9.33. The molecule has 4 heteroatoms. The van der Waals surface area contributed by atoms with Gasteiger partial charge in [0.15, 0.2) is 0 Å². The highest BCUT2D eigenvalue weighted by atomic mass is 35.5. The van der Waals surface area contributed by atoms with Crippen LogP contribution in [0.15, 0.2) is 60.7 Å². The first kappa shape index (κ1) is 16.9. The molecule has 0 saturated heterocycles. The summed E-state index contributed by atoms with van der Waals surface area (Å²) < 4.78 is 0. The molecule has 0 aromatic heterocycles. The van der Waals surface area contributed by atoms with Gasteiger partial charge < -0.3 is 0 Å². The Hall–Kier alpha value is -1.06. The summed E-state index contributed by atoms with van der Waals surface area (Å²) in [5.74, 6) is 0. The molecule has 2 aromatic carbocycles. The maximum atomic E-state index is 3.20. The summed E-state index contributed by atoms with van der Waals surface area (Å²) in [6, 6.07) is 20.7. The molecule has 0 radical (unpaired) electrons. The Balaban J connectivity index is 0.00000144. The minimum atomic E-state index is 0. The monoisotopic (exact) mass is 284 g/mol. The third-order valence-electron chi connectivity index (χ3n) is 2.40. The van der Waals surface area contributed by atoms with Crippen LogP contribution in [0.2, 0.25) is 0 Å². The largest absolute Gasteiger partial charge is 0.253 e. The lowest BCUT2D eigenvalue weighted by atomic mass is 10.2. The van der Waals surface area contributed by atoms with E-state index < -0.39 is 0 Å². The van der Waals surface area contributed by atoms with E-state index in [0.29, 0.717) is 0 Å². The summed E-state index contributed by atoms with van der Waals surface area (Å²) in [7, 11) is 0. The van der Waals surface area contributed by atoms with Gasteiger partial charge in [-0.25, -0.2) is 0 Å². The normalized spacial score (nSPS) is 9.11. The van der Waals surface area contributed by atoms with Crippen LogP contribution in [0, 0.1) is 0 Å². The zero-order chi connectivity index (χ0) is 11.1. The molecule has 0 spiro atoms. The molecule has 0 fully saturated rings. The number of nitrogens with one attached hydrogen (secondary N) is 2. The van der Waals surface area contributed by atoms with Gasteiger partial charge in [0.25, 0.3) is 0 Å². The second kappa shape index (κ2) is 9.92. The summed E-state index contributed by atoms with van der Waals surface area (Å²) in [5, 5.41) is 0. The van der Waals surface area contributed by atoms with Crippen LogP contribution in [0.5, 0.6) is 0 Å². The van der Waals surface area contributed by atoms with E-state index in [1.165, 1.54) is 11.1 Å². The van der Waals surface area contributed by atoms with Gasteiger partial charge in [0.05, 0.1) is 0 Å². The standard InChI is InChI=1S/C14H16N2.2ClH/c1-3-7-13(8-4-1)11-15-16-12-14-9-5-2-6-10-14;;/h1-10,15-16H,11-12H2;2*1H. The highest BCUT2D eigenvalue weighted by Gasteiger charge is 1.91. The van der Waals surface area contributed by atoms with E-state index in [2.05, 4.69) is 35.1 Å². The Labute approximate surface area is 121 Å². The smallest absolute Gasteiger partial charge is 0.0351 e. The number of hydrogen-bond donors (Lipinski definition) is 2. The number of hydrazine groups is 1. The van der Waals surface area contributed by atoms with Gasteiger partial charge in [0.1, 0.15) is 0 Å². The van der Waals surface area contributed by atoms with Crippen LogP contribution in [0.1, 0.15) is 11.1 Å². The van der Waals surface area contributed by atoms with Crippen molar-refractivity contribution in [2.45, 2.75) is 13.1 Å². The van der Waals surface area contributed by atoms with Crippen molar-refractivity contribution in [1.29, 1.82) is 0 Å². The van der Waals surface area contributed by atoms with Crippen LogP contribution in [0.3, 0.4) is 0 Å². The molecule has 0 atom stereocenters. The van der Waals surface area contributed by atoms with Crippen molar-refractivity contribution < 1.29 is 0 Å². The number of halogens is 2. The number of benzene rings is 2. The lowest BCUT2D eigenvalue weighted by Crippen LogP contribution is -2.30. The lowest BCUT2D eigenvalue weighted by Gasteiger charge is -2.06. The fourth-order valence-corrected chi connectivity index (χ4v) is 1.52. The van der Waals surface area contributed by atoms with Crippen molar-refractivity contribution in [2.75, 3.05) is 0 Å². The molecule has 2 nitrogen and oxygen atoms in total. The Morgan fingerprint density at radius 1 is 0.556 bits per heavy atom. The van der Waals surface area contributed by atoms with Gasteiger partial charge in [-0.05, 0) is 11.1 Å². The molecule has 0 heterocycles. The Bertz CT molecular complexity index is 365. The van der Waals surface area contributed by atoms with E-state index in [9.17, 15) is 0 Å². The van der Waals surface area contributed by atoms with Gasteiger partial charge in [-0.3, -0.25) is 10.9 Å². The van der Waals surface area contributed by atoms with E-state index in [0.717, 1.165) is 13.1 Å². The van der Waals surface area contributed by atoms with Crippen LogP contribution in [-0.2, 0) is 13.1 Å². The zero-order valence-corrected chi connectivity index (χ0v) is 11.6. The molecule has 0 saturated carbocycles. The molecule has 0 unspecified atom stereocenters. The predicted molar refractivity (Wildman–Crippen MR) is 81.1 cm³/mol. The van der Waals surface area contributed by atoms with Crippen LogP contribution < -0.4 is 10.9 Å². The highest BCUT2D eigenvalue weighted by Crippen LogP contribution is 1.98. The summed E-state index contributed by atoms with van der Waals surface area (Å²) in [5.41, 5.74) is 8.96. The molecular formula is C14H18Cl2N2. The van der Waals surface area contributed by atoms with Gasteiger partial charge in [-0.1, -0.05) is 60.7 Å². The zero-order valence-electron chi connectivity index (χ0n) is 10.0. The Morgan fingerprint density at radius 2 is 0.889 bits per heavy atom. The first-order valence-electron chi connectivity index (χ1n) is 5.49. The minimum absolute atomic E-state index is 0. The van der Waals surface area contributed by atoms with E-state index in [4.69, 9.17) is 0 Å². The molecule has 98 valence electrons. The van der Waals surface area contributed by atoms with Crippen molar-refractivity contribution in [3.63, 3.8) is 0 Å². The molecule has 2 rings (SSSR count). The van der Waals surface area contributed by atoms with Gasteiger partial charge in [-0.2, -0.15) is 0 Å². The molecule has 2 aromatic rings. The quantitative estimate of drug-likeness (QED) is 0.650. The molecule has 0 amide bonds. The SMILES string of the molecule is Cl.Cl.c1ccc(CNNCc2ccccc2)cc1. The van der Waals surface area contributed by atoms with Gasteiger partial charge in [-0.15, -0.1) is 24.8 Å². The first-order chi connectivity index (χ1) is 7.95. The second-order valence-corrected chi connectivity index (χ2v) is 3.68. The summed E-state index contributed by atoms with van der Waals surface area (Å²) in [4.78, 5) is 0. The second-order valence-electron chi connectivity index (χ2n) is 3.68. The minimum Gasteiger partial charge on any atom is -0.253 e. The number of rotatable bonds is 5. The van der Waals surface area contributed by atoms with Gasteiger partial charge in [0.2, 0.25) is 0 Å². The Morgan fingerprint density at radius 3 is 1.22 bits per heavy atom. The fourth-order valence-electron chi connectivity index (χ4n) is 1.52. The van der Waals surface area contributed by atoms with Crippen LogP contribution >= 0.6 is 24.8 Å². The topological polar surface area (TPSA) is 24.1 Å². The molecule has 18 heavy (non-hydrogen) atoms. The summed E-state index contributed by atoms with van der Waals surface area (Å²) in [6.45, 7) is 1.68. The highest BCUT2D eigenvalue weighted by molar-refractivity contribution is 5.85. The van der Waals surface area contributed by atoms with E-state index >= 15 is 0 Å². The fraction of sp³-hybridized carbons (Fsp3) is 0.143. The van der Waals surface area contributed by atoms with Crippen molar-refractivity contribution in [3.8, 4) is 0 Å². The van der Waals surface area contributed by atoms with E-state index in [1.807, 2.05) is 36.4 Å². The predicted octanol–water partition coefficient (Wildman–Crippen LogP) is 3.32. The van der Waals surface area contributed by atoms with Crippen molar-refractivity contribution >= 4 is 24.8 Å². The molecular weight excluding hydrogens is 267 g/mol. The molecule has 0 bridgehead atoms. The summed E-state index contributed by atoms with van der Waals surface area (Å²) >= 11 is 0. The van der Waals surface area contributed by atoms with E-state index in [-0.39, 0.29) is 24.8 Å². The molecule has 2 N–H and O–H groups in total. The average molecular weight is 285 g/mol. The summed E-state index contributed by atoms with van der Waals surface area (Å²) in [6.07, 6.45) is 0.